The van der Waals surface area contributed by atoms with Gasteiger partial charge in [-0.15, -0.1) is 0 Å². The van der Waals surface area contributed by atoms with E-state index < -0.39 is 6.17 Å². The van der Waals surface area contributed by atoms with Crippen molar-refractivity contribution in [1.29, 1.82) is 0 Å². The first kappa shape index (κ1) is 21.0. The van der Waals surface area contributed by atoms with Gasteiger partial charge in [-0.1, -0.05) is 6.92 Å². The molecule has 4 rings (SSSR count). The van der Waals surface area contributed by atoms with Gasteiger partial charge in [-0.05, 0) is 43.9 Å². The second kappa shape index (κ2) is 8.88. The maximum atomic E-state index is 14.4. The molecule has 4 aliphatic rings. The monoisotopic (exact) mass is 408 g/mol. The Hall–Kier alpha value is -1.21. The van der Waals surface area contributed by atoms with Gasteiger partial charge in [0.25, 0.3) is 0 Å². The fourth-order valence-electron chi connectivity index (χ4n) is 6.03. The van der Waals surface area contributed by atoms with Gasteiger partial charge in [-0.25, -0.2) is 4.39 Å². The number of piperidine rings is 1. The van der Waals surface area contributed by atoms with E-state index in [9.17, 15) is 14.0 Å². The summed E-state index contributed by atoms with van der Waals surface area (Å²) in [5.41, 5.74) is 0. The third kappa shape index (κ3) is 4.61. The zero-order chi connectivity index (χ0) is 20.5. The molecule has 1 saturated carbocycles. The van der Waals surface area contributed by atoms with Gasteiger partial charge in [0.15, 0.2) is 0 Å². The number of carbonyl (C=O) groups excluding carboxylic acids is 2. The maximum absolute atomic E-state index is 14.4. The fraction of sp³-hybridized carbons (Fsp3) is 0.909. The highest BCUT2D eigenvalue weighted by Gasteiger charge is 2.47. The smallest absolute Gasteiger partial charge is 0.239 e. The zero-order valence-electron chi connectivity index (χ0n) is 18.0. The van der Waals surface area contributed by atoms with Crippen LogP contribution in [-0.2, 0) is 9.59 Å². The second-order valence-electron chi connectivity index (χ2n) is 9.81. The van der Waals surface area contributed by atoms with E-state index in [0.29, 0.717) is 24.7 Å². The summed E-state index contributed by atoms with van der Waals surface area (Å²) in [5.74, 6) is 1.30. The summed E-state index contributed by atoms with van der Waals surface area (Å²) in [5, 5.41) is 3.50. The minimum absolute atomic E-state index is 0.00543. The van der Waals surface area contributed by atoms with Crippen LogP contribution in [0.15, 0.2) is 0 Å². The molecule has 1 aliphatic carbocycles. The quantitative estimate of drug-likeness (QED) is 0.769. The molecule has 6 atom stereocenters. The van der Waals surface area contributed by atoms with Gasteiger partial charge in [-0.2, -0.15) is 0 Å². The highest BCUT2D eigenvalue weighted by Crippen LogP contribution is 2.39. The van der Waals surface area contributed by atoms with Gasteiger partial charge in [0, 0.05) is 64.7 Å². The topological polar surface area (TPSA) is 55.9 Å². The maximum Gasteiger partial charge on any atom is 0.239 e. The summed E-state index contributed by atoms with van der Waals surface area (Å²) < 4.78 is 14.4. The summed E-state index contributed by atoms with van der Waals surface area (Å²) in [7, 11) is 0. The number of likely N-dealkylation sites (tertiary alicyclic amines) is 1. The van der Waals surface area contributed by atoms with Crippen LogP contribution >= 0.6 is 0 Å². The van der Waals surface area contributed by atoms with Crippen molar-refractivity contribution in [3.05, 3.63) is 0 Å². The van der Waals surface area contributed by atoms with E-state index in [-0.39, 0.29) is 29.8 Å². The molecule has 0 aromatic rings. The van der Waals surface area contributed by atoms with Crippen molar-refractivity contribution in [2.45, 2.75) is 64.2 Å². The number of amides is 2. The Morgan fingerprint density at radius 2 is 1.79 bits per heavy atom. The number of piperazine rings is 1. The molecule has 0 spiro atoms. The lowest BCUT2D eigenvalue weighted by Crippen LogP contribution is -2.53. The van der Waals surface area contributed by atoms with Crippen molar-refractivity contribution in [3.63, 3.8) is 0 Å². The largest absolute Gasteiger partial charge is 0.341 e. The standard InChI is InChI=1S/C22H37FN4O2/c1-15-5-6-19(23)18-12-20(24-21(15)18)22(29)27-7-3-4-17(14-27)13-25-8-10-26(11-9-25)16(2)28/h15,17-21,24H,3-14H2,1-2H3. The first-order valence-electron chi connectivity index (χ1n) is 11.6. The molecule has 29 heavy (non-hydrogen) atoms. The predicted octanol–water partition coefficient (Wildman–Crippen LogP) is 1.50. The highest BCUT2D eigenvalue weighted by molar-refractivity contribution is 5.82. The number of rotatable bonds is 3. The average molecular weight is 409 g/mol. The van der Waals surface area contributed by atoms with Crippen LogP contribution in [0, 0.1) is 17.8 Å². The molecule has 3 saturated heterocycles. The third-order valence-corrected chi connectivity index (χ3v) is 7.80. The van der Waals surface area contributed by atoms with Crippen LogP contribution in [-0.4, -0.2) is 90.6 Å². The molecule has 0 aromatic carbocycles. The van der Waals surface area contributed by atoms with E-state index in [1.54, 1.807) is 6.92 Å². The van der Waals surface area contributed by atoms with E-state index in [0.717, 1.165) is 65.1 Å². The summed E-state index contributed by atoms with van der Waals surface area (Å²) in [6.07, 6.45) is 3.66. The van der Waals surface area contributed by atoms with Gasteiger partial charge in [0.2, 0.25) is 11.8 Å². The van der Waals surface area contributed by atoms with Gasteiger partial charge in [-0.3, -0.25) is 14.5 Å². The van der Waals surface area contributed by atoms with Crippen LogP contribution in [0.2, 0.25) is 0 Å². The Labute approximate surface area is 174 Å². The van der Waals surface area contributed by atoms with Gasteiger partial charge >= 0.3 is 0 Å². The molecule has 0 radical (unpaired) electrons. The van der Waals surface area contributed by atoms with Crippen LogP contribution in [0.3, 0.4) is 0 Å². The number of alkyl halides is 1. The molecule has 1 N–H and O–H groups in total. The lowest BCUT2D eigenvalue weighted by Gasteiger charge is -2.39. The van der Waals surface area contributed by atoms with E-state index >= 15 is 0 Å². The number of nitrogens with one attached hydrogen (secondary N) is 1. The van der Waals surface area contributed by atoms with Crippen LogP contribution in [0.1, 0.15) is 46.0 Å². The molecule has 3 heterocycles. The molecule has 0 aromatic heterocycles. The Morgan fingerprint density at radius 3 is 2.48 bits per heavy atom. The number of halogens is 1. The summed E-state index contributed by atoms with van der Waals surface area (Å²) >= 11 is 0. The lowest BCUT2D eigenvalue weighted by atomic mass is 9.77. The molecule has 164 valence electrons. The van der Waals surface area contributed by atoms with Crippen LogP contribution in [0.25, 0.3) is 0 Å². The molecule has 3 aliphatic heterocycles. The van der Waals surface area contributed by atoms with Crippen LogP contribution in [0.4, 0.5) is 4.39 Å². The van der Waals surface area contributed by atoms with Crippen molar-refractivity contribution in [1.82, 2.24) is 20.0 Å². The van der Waals surface area contributed by atoms with E-state index in [2.05, 4.69) is 17.1 Å². The molecule has 2 amide bonds. The molecular formula is C22H37FN4O2. The summed E-state index contributed by atoms with van der Waals surface area (Å²) in [6.45, 7) is 9.93. The minimum Gasteiger partial charge on any atom is -0.341 e. The minimum atomic E-state index is -0.760. The molecule has 7 heteroatoms. The van der Waals surface area contributed by atoms with Crippen molar-refractivity contribution in [2.75, 3.05) is 45.8 Å². The molecular weight excluding hydrogens is 371 g/mol. The number of fused-ring (bicyclic) bond motifs is 1. The molecule has 6 nitrogen and oxygen atoms in total. The van der Waals surface area contributed by atoms with E-state index in [4.69, 9.17) is 0 Å². The molecule has 6 unspecified atom stereocenters. The summed E-state index contributed by atoms with van der Waals surface area (Å²) in [4.78, 5) is 31.1. The van der Waals surface area contributed by atoms with Gasteiger partial charge < -0.3 is 15.1 Å². The van der Waals surface area contributed by atoms with Crippen LogP contribution in [0.5, 0.6) is 0 Å². The SMILES string of the molecule is CC(=O)N1CCN(CC2CCCN(C(=O)C3CC4C(F)CCC(C)C4N3)C2)CC1. The zero-order valence-corrected chi connectivity index (χ0v) is 18.0. The number of carbonyl (C=O) groups is 2. The van der Waals surface area contributed by atoms with Gasteiger partial charge in [0.1, 0.15) is 6.17 Å². The third-order valence-electron chi connectivity index (χ3n) is 7.80. The Balaban J connectivity index is 1.28. The number of hydrogen-bond acceptors (Lipinski definition) is 4. The normalized spacial score (nSPS) is 38.7. The van der Waals surface area contributed by atoms with Crippen molar-refractivity contribution < 1.29 is 14.0 Å². The Morgan fingerprint density at radius 1 is 1.03 bits per heavy atom. The lowest BCUT2D eigenvalue weighted by molar-refractivity contribution is -0.135. The predicted molar refractivity (Wildman–Crippen MR) is 110 cm³/mol. The fourth-order valence-corrected chi connectivity index (χ4v) is 6.03. The summed E-state index contributed by atoms with van der Waals surface area (Å²) in [6, 6.07) is -0.0486. The Kier molecular flexibility index (Phi) is 6.44. The molecule has 0 bridgehead atoms. The average Bonchev–Trinajstić information content (AvgIpc) is 3.18. The number of nitrogens with zero attached hydrogens (tertiary/aromatic N) is 3. The Bertz CT molecular complexity index is 592. The van der Waals surface area contributed by atoms with E-state index in [1.807, 2.05) is 9.80 Å². The van der Waals surface area contributed by atoms with Crippen molar-refractivity contribution in [3.8, 4) is 0 Å². The number of hydrogen-bond donors (Lipinski definition) is 1. The van der Waals surface area contributed by atoms with Crippen LogP contribution < -0.4 is 5.32 Å². The first-order chi connectivity index (χ1) is 13.9. The van der Waals surface area contributed by atoms with E-state index in [1.165, 1.54) is 0 Å². The second-order valence-corrected chi connectivity index (χ2v) is 9.81. The van der Waals surface area contributed by atoms with Crippen molar-refractivity contribution in [2.24, 2.45) is 17.8 Å². The first-order valence-corrected chi connectivity index (χ1v) is 11.6. The highest BCUT2D eigenvalue weighted by atomic mass is 19.1. The van der Waals surface area contributed by atoms with Crippen molar-refractivity contribution >= 4 is 11.8 Å². The molecule has 4 fully saturated rings. The van der Waals surface area contributed by atoms with Gasteiger partial charge in [0.05, 0.1) is 6.04 Å².